The molecule has 0 amide bonds. The van der Waals surface area contributed by atoms with Gasteiger partial charge >= 0.3 is 0 Å². The first kappa shape index (κ1) is 13.2. The molecule has 0 aromatic heterocycles. The van der Waals surface area contributed by atoms with E-state index in [-0.39, 0.29) is 0 Å². The van der Waals surface area contributed by atoms with Gasteiger partial charge in [0.25, 0.3) is 0 Å². The third-order valence-corrected chi connectivity index (χ3v) is 3.27. The van der Waals surface area contributed by atoms with Gasteiger partial charge in [0.1, 0.15) is 0 Å². The molecule has 1 nitrogen and oxygen atoms in total. The number of hydrogen-bond donors (Lipinski definition) is 1. The summed E-state index contributed by atoms with van der Waals surface area (Å²) in [5.41, 5.74) is 4.22. The standard InChI is InChI=1S/C15H25N/c1-10(2)16-14(6)13(5)15-9-11(3)7-8-12(15)4/h7-10,13-14,16H,1-6H3. The quantitative estimate of drug-likeness (QED) is 0.812. The second-order valence-corrected chi connectivity index (χ2v) is 5.26. The second-order valence-electron chi connectivity index (χ2n) is 5.26. The van der Waals surface area contributed by atoms with Gasteiger partial charge in [-0.15, -0.1) is 0 Å². The predicted molar refractivity (Wildman–Crippen MR) is 72.1 cm³/mol. The Labute approximate surface area is 100 Å². The normalized spacial score (nSPS) is 15.2. The molecule has 90 valence electrons. The topological polar surface area (TPSA) is 12.0 Å². The number of aryl methyl sites for hydroxylation is 2. The van der Waals surface area contributed by atoms with Gasteiger partial charge in [-0.25, -0.2) is 0 Å². The van der Waals surface area contributed by atoms with Gasteiger partial charge in [0.15, 0.2) is 0 Å². The van der Waals surface area contributed by atoms with Gasteiger partial charge in [-0.1, -0.05) is 44.5 Å². The smallest absolute Gasteiger partial charge is 0.0107 e. The van der Waals surface area contributed by atoms with E-state index in [1.54, 1.807) is 0 Å². The van der Waals surface area contributed by atoms with Crippen molar-refractivity contribution in [3.8, 4) is 0 Å². The molecule has 2 unspecified atom stereocenters. The molecule has 2 atom stereocenters. The van der Waals surface area contributed by atoms with Crippen molar-refractivity contribution in [3.63, 3.8) is 0 Å². The van der Waals surface area contributed by atoms with Crippen LogP contribution in [0.5, 0.6) is 0 Å². The lowest BCUT2D eigenvalue weighted by atomic mass is 9.89. The first-order chi connectivity index (χ1) is 7.41. The van der Waals surface area contributed by atoms with Gasteiger partial charge in [0, 0.05) is 12.1 Å². The van der Waals surface area contributed by atoms with Crippen LogP contribution < -0.4 is 5.32 Å². The average Bonchev–Trinajstić information content (AvgIpc) is 2.19. The summed E-state index contributed by atoms with van der Waals surface area (Å²) in [5.74, 6) is 0.558. The number of nitrogens with one attached hydrogen (secondary N) is 1. The fourth-order valence-electron chi connectivity index (χ4n) is 2.19. The number of rotatable bonds is 4. The molecule has 0 aliphatic carbocycles. The van der Waals surface area contributed by atoms with Crippen molar-refractivity contribution in [1.82, 2.24) is 5.32 Å². The molecule has 0 aliphatic heterocycles. The third kappa shape index (κ3) is 3.34. The van der Waals surface area contributed by atoms with E-state index in [0.717, 1.165) is 0 Å². The van der Waals surface area contributed by atoms with E-state index in [9.17, 15) is 0 Å². The molecule has 16 heavy (non-hydrogen) atoms. The van der Waals surface area contributed by atoms with Crippen molar-refractivity contribution in [2.24, 2.45) is 0 Å². The molecule has 0 heterocycles. The summed E-state index contributed by atoms with van der Waals surface area (Å²) in [5, 5.41) is 3.59. The average molecular weight is 219 g/mol. The Bertz CT molecular complexity index is 341. The highest BCUT2D eigenvalue weighted by atomic mass is 14.9. The Hall–Kier alpha value is -0.820. The zero-order chi connectivity index (χ0) is 12.3. The first-order valence-corrected chi connectivity index (χ1v) is 6.25. The Balaban J connectivity index is 2.86. The molecule has 1 heteroatoms. The zero-order valence-corrected chi connectivity index (χ0v) is 11.5. The van der Waals surface area contributed by atoms with Crippen LogP contribution in [0, 0.1) is 13.8 Å². The van der Waals surface area contributed by atoms with E-state index < -0.39 is 0 Å². The van der Waals surface area contributed by atoms with E-state index in [1.165, 1.54) is 16.7 Å². The summed E-state index contributed by atoms with van der Waals surface area (Å²) in [6.45, 7) is 13.3. The van der Waals surface area contributed by atoms with Crippen LogP contribution in [-0.4, -0.2) is 12.1 Å². The van der Waals surface area contributed by atoms with Crippen LogP contribution in [0.25, 0.3) is 0 Å². The molecule has 1 aromatic carbocycles. The fourth-order valence-corrected chi connectivity index (χ4v) is 2.19. The minimum atomic E-state index is 0.514. The largest absolute Gasteiger partial charge is 0.311 e. The minimum Gasteiger partial charge on any atom is -0.311 e. The summed E-state index contributed by atoms with van der Waals surface area (Å²) in [4.78, 5) is 0. The molecule has 0 aliphatic rings. The van der Waals surface area contributed by atoms with Crippen molar-refractivity contribution in [2.75, 3.05) is 0 Å². The molecular formula is C15H25N. The van der Waals surface area contributed by atoms with Crippen LogP contribution in [0.4, 0.5) is 0 Å². The Kier molecular flexibility index (Phi) is 4.55. The van der Waals surface area contributed by atoms with Crippen LogP contribution in [0.2, 0.25) is 0 Å². The van der Waals surface area contributed by atoms with Crippen molar-refractivity contribution in [3.05, 3.63) is 34.9 Å². The number of hydrogen-bond acceptors (Lipinski definition) is 1. The summed E-state index contributed by atoms with van der Waals surface area (Å²) in [6.07, 6.45) is 0. The maximum atomic E-state index is 3.59. The highest BCUT2D eigenvalue weighted by Crippen LogP contribution is 2.24. The van der Waals surface area contributed by atoms with Crippen LogP contribution in [0.15, 0.2) is 18.2 Å². The second kappa shape index (κ2) is 5.49. The van der Waals surface area contributed by atoms with Crippen LogP contribution in [0.3, 0.4) is 0 Å². The molecule has 0 radical (unpaired) electrons. The van der Waals surface area contributed by atoms with Crippen LogP contribution in [-0.2, 0) is 0 Å². The molecular weight excluding hydrogens is 194 g/mol. The van der Waals surface area contributed by atoms with Gasteiger partial charge in [-0.05, 0) is 37.8 Å². The van der Waals surface area contributed by atoms with Gasteiger partial charge in [-0.2, -0.15) is 0 Å². The molecule has 0 spiro atoms. The van der Waals surface area contributed by atoms with Crippen LogP contribution in [0.1, 0.15) is 50.3 Å². The van der Waals surface area contributed by atoms with Crippen molar-refractivity contribution in [1.29, 1.82) is 0 Å². The van der Waals surface area contributed by atoms with Gasteiger partial charge in [0.05, 0.1) is 0 Å². The van der Waals surface area contributed by atoms with Crippen LogP contribution >= 0.6 is 0 Å². The molecule has 0 saturated heterocycles. The highest BCUT2D eigenvalue weighted by Gasteiger charge is 2.16. The monoisotopic (exact) mass is 219 g/mol. The summed E-state index contributed by atoms with van der Waals surface area (Å²) in [7, 11) is 0. The van der Waals surface area contributed by atoms with Crippen molar-refractivity contribution >= 4 is 0 Å². The molecule has 0 saturated carbocycles. The third-order valence-electron chi connectivity index (χ3n) is 3.27. The summed E-state index contributed by atoms with van der Waals surface area (Å²) < 4.78 is 0. The first-order valence-electron chi connectivity index (χ1n) is 6.25. The van der Waals surface area contributed by atoms with E-state index >= 15 is 0 Å². The van der Waals surface area contributed by atoms with E-state index in [0.29, 0.717) is 18.0 Å². The molecule has 1 aromatic rings. The van der Waals surface area contributed by atoms with E-state index in [4.69, 9.17) is 0 Å². The van der Waals surface area contributed by atoms with Crippen molar-refractivity contribution in [2.45, 2.75) is 59.5 Å². The van der Waals surface area contributed by atoms with Gasteiger partial charge in [-0.3, -0.25) is 0 Å². The summed E-state index contributed by atoms with van der Waals surface area (Å²) in [6, 6.07) is 7.79. The Morgan fingerprint density at radius 3 is 2.19 bits per heavy atom. The SMILES string of the molecule is Cc1ccc(C)c(C(C)C(C)NC(C)C)c1. The lowest BCUT2D eigenvalue weighted by Crippen LogP contribution is -2.36. The molecule has 0 bridgehead atoms. The van der Waals surface area contributed by atoms with Gasteiger partial charge < -0.3 is 5.32 Å². The summed E-state index contributed by atoms with van der Waals surface area (Å²) >= 11 is 0. The van der Waals surface area contributed by atoms with Crippen molar-refractivity contribution < 1.29 is 0 Å². The maximum absolute atomic E-state index is 3.59. The lowest BCUT2D eigenvalue weighted by Gasteiger charge is -2.25. The highest BCUT2D eigenvalue weighted by molar-refractivity contribution is 5.33. The Morgan fingerprint density at radius 1 is 1.00 bits per heavy atom. The predicted octanol–water partition coefficient (Wildman–Crippen LogP) is 3.79. The minimum absolute atomic E-state index is 0.514. The lowest BCUT2D eigenvalue weighted by molar-refractivity contribution is 0.438. The van der Waals surface area contributed by atoms with Gasteiger partial charge in [0.2, 0.25) is 0 Å². The van der Waals surface area contributed by atoms with E-state index in [1.807, 2.05) is 0 Å². The molecule has 1 rings (SSSR count). The maximum Gasteiger partial charge on any atom is 0.0107 e. The Morgan fingerprint density at radius 2 is 1.62 bits per heavy atom. The fraction of sp³-hybridized carbons (Fsp3) is 0.600. The molecule has 0 fully saturated rings. The van der Waals surface area contributed by atoms with E-state index in [2.05, 4.69) is 65.1 Å². The zero-order valence-electron chi connectivity index (χ0n) is 11.5. The number of benzene rings is 1. The molecule has 1 N–H and O–H groups in total.